The maximum absolute atomic E-state index is 12.9. The molecule has 0 saturated heterocycles. The van der Waals surface area contributed by atoms with Crippen LogP contribution in [0.4, 0.5) is 0 Å². The molecular formula is C71H114O6. The molecular weight excluding hydrogens is 949 g/mol. The Hall–Kier alpha value is -4.71. The second-order valence-electron chi connectivity index (χ2n) is 20.2. The first-order valence-electron chi connectivity index (χ1n) is 31.3. The van der Waals surface area contributed by atoms with Crippen molar-refractivity contribution in [3.8, 4) is 0 Å². The Balaban J connectivity index is 4.52. The van der Waals surface area contributed by atoms with Gasteiger partial charge in [0.1, 0.15) is 13.2 Å². The lowest BCUT2D eigenvalue weighted by molar-refractivity contribution is -0.167. The van der Waals surface area contributed by atoms with Crippen molar-refractivity contribution >= 4 is 17.9 Å². The van der Waals surface area contributed by atoms with Crippen molar-refractivity contribution in [2.45, 2.75) is 271 Å². The van der Waals surface area contributed by atoms with Gasteiger partial charge in [-0.1, -0.05) is 256 Å². The van der Waals surface area contributed by atoms with Crippen LogP contribution in [0.1, 0.15) is 265 Å². The highest BCUT2D eigenvalue weighted by atomic mass is 16.6. The number of unbranched alkanes of at least 4 members (excludes halogenated alkanes) is 20. The third-order valence-electron chi connectivity index (χ3n) is 12.8. The van der Waals surface area contributed by atoms with E-state index in [4.69, 9.17) is 14.2 Å². The second kappa shape index (κ2) is 63.8. The van der Waals surface area contributed by atoms with Crippen molar-refractivity contribution in [2.75, 3.05) is 13.2 Å². The van der Waals surface area contributed by atoms with Gasteiger partial charge in [0.05, 0.1) is 0 Å². The van der Waals surface area contributed by atoms with Crippen LogP contribution in [0, 0.1) is 0 Å². The standard InChI is InChI=1S/C71H114O6/c1-4-7-10-13-16-19-22-25-28-31-33-34-35-36-38-40-43-46-49-52-55-58-61-64-70(73)76-67-68(66-75-69(72)63-60-57-54-51-48-45-42-39-30-27-24-21-18-15-12-9-6-3)77-71(74)65-62-59-56-53-50-47-44-41-37-32-29-26-23-20-17-14-11-8-5-2/h7,9-10,12,16-21,25-30,33-34,36,38,43,46,52,55,68H,4-6,8,11,13-15,22-24,31-32,35,37,39-42,44-45,47-51,53-54,56-67H2,1-3H3/b10-7-,12-9-,19-16-,20-17-,21-18-,28-25-,29-26-,30-27-,34-33-,38-36-,46-43-,55-52-. The lowest BCUT2D eigenvalue weighted by Gasteiger charge is -2.18. The minimum atomic E-state index is -0.816. The Labute approximate surface area is 474 Å². The predicted octanol–water partition coefficient (Wildman–Crippen LogP) is 21.5. The van der Waals surface area contributed by atoms with Gasteiger partial charge in [0.15, 0.2) is 6.10 Å². The van der Waals surface area contributed by atoms with E-state index in [1.165, 1.54) is 96.3 Å². The zero-order chi connectivity index (χ0) is 55.7. The molecule has 0 spiro atoms. The molecule has 6 heteroatoms. The Morgan fingerprint density at radius 2 is 0.519 bits per heavy atom. The molecule has 1 atom stereocenters. The minimum absolute atomic E-state index is 0.108. The fourth-order valence-electron chi connectivity index (χ4n) is 8.18. The molecule has 0 fully saturated rings. The topological polar surface area (TPSA) is 78.9 Å². The van der Waals surface area contributed by atoms with Gasteiger partial charge in [-0.25, -0.2) is 0 Å². The first kappa shape index (κ1) is 72.3. The fraction of sp³-hybridized carbons (Fsp3) is 0.620. The summed E-state index contributed by atoms with van der Waals surface area (Å²) >= 11 is 0. The number of hydrogen-bond donors (Lipinski definition) is 0. The first-order valence-corrected chi connectivity index (χ1v) is 31.3. The van der Waals surface area contributed by atoms with Crippen LogP contribution in [0.15, 0.2) is 146 Å². The second-order valence-corrected chi connectivity index (χ2v) is 20.2. The Kier molecular flexibility index (Phi) is 59.9. The summed E-state index contributed by atoms with van der Waals surface area (Å²) in [6.07, 6.45) is 91.3. The van der Waals surface area contributed by atoms with E-state index >= 15 is 0 Å². The lowest BCUT2D eigenvalue weighted by atomic mass is 10.1. The van der Waals surface area contributed by atoms with Crippen LogP contribution in [0.3, 0.4) is 0 Å². The van der Waals surface area contributed by atoms with E-state index in [9.17, 15) is 14.4 Å². The quantitative estimate of drug-likeness (QED) is 0.0261. The summed E-state index contributed by atoms with van der Waals surface area (Å²) in [6, 6.07) is 0. The van der Waals surface area contributed by atoms with Crippen LogP contribution in [0.2, 0.25) is 0 Å². The summed E-state index contributed by atoms with van der Waals surface area (Å²) in [4.78, 5) is 38.3. The van der Waals surface area contributed by atoms with Gasteiger partial charge < -0.3 is 14.2 Å². The van der Waals surface area contributed by atoms with Crippen LogP contribution in [0.25, 0.3) is 0 Å². The van der Waals surface area contributed by atoms with Gasteiger partial charge in [-0.2, -0.15) is 0 Å². The Bertz CT molecular complexity index is 1700. The Morgan fingerprint density at radius 1 is 0.273 bits per heavy atom. The van der Waals surface area contributed by atoms with Gasteiger partial charge >= 0.3 is 17.9 Å². The van der Waals surface area contributed by atoms with Crippen molar-refractivity contribution in [3.63, 3.8) is 0 Å². The summed E-state index contributed by atoms with van der Waals surface area (Å²) in [7, 11) is 0. The van der Waals surface area contributed by atoms with Crippen molar-refractivity contribution < 1.29 is 28.6 Å². The first-order chi connectivity index (χ1) is 38.0. The molecule has 0 saturated carbocycles. The largest absolute Gasteiger partial charge is 0.462 e. The smallest absolute Gasteiger partial charge is 0.306 e. The molecule has 77 heavy (non-hydrogen) atoms. The zero-order valence-corrected chi connectivity index (χ0v) is 49.7. The maximum atomic E-state index is 12.9. The van der Waals surface area contributed by atoms with Crippen molar-refractivity contribution in [3.05, 3.63) is 146 Å². The average molecular weight is 1060 g/mol. The number of allylic oxidation sites excluding steroid dienone is 24. The average Bonchev–Trinajstić information content (AvgIpc) is 3.43. The van der Waals surface area contributed by atoms with E-state index in [-0.39, 0.29) is 37.5 Å². The van der Waals surface area contributed by atoms with Crippen LogP contribution >= 0.6 is 0 Å². The molecule has 1 unspecified atom stereocenters. The number of ether oxygens (including phenoxy) is 3. The fourth-order valence-corrected chi connectivity index (χ4v) is 8.18. The molecule has 0 aliphatic rings. The van der Waals surface area contributed by atoms with E-state index in [0.717, 1.165) is 122 Å². The highest BCUT2D eigenvalue weighted by Crippen LogP contribution is 2.15. The summed E-state index contributed by atoms with van der Waals surface area (Å²) in [5.41, 5.74) is 0. The van der Waals surface area contributed by atoms with Crippen molar-refractivity contribution in [1.29, 1.82) is 0 Å². The SMILES string of the molecule is CC/C=C\C/C=C\C/C=C\C/C=C\C/C=C\C/C=C\C/C=C\CCCC(=O)OCC(COC(=O)CCCCCCCCC/C=C\C/C=C\C/C=C\CC)OC(=O)CCCCCCCCCCC/C=C\C/C=C\CCCCC. The highest BCUT2D eigenvalue weighted by Gasteiger charge is 2.19. The number of carbonyl (C=O) groups is 3. The molecule has 0 aromatic rings. The van der Waals surface area contributed by atoms with Gasteiger partial charge in [0.25, 0.3) is 0 Å². The molecule has 0 aliphatic heterocycles. The van der Waals surface area contributed by atoms with Gasteiger partial charge in [0.2, 0.25) is 0 Å². The van der Waals surface area contributed by atoms with Gasteiger partial charge in [0, 0.05) is 19.3 Å². The van der Waals surface area contributed by atoms with Crippen LogP contribution in [-0.4, -0.2) is 37.2 Å². The third kappa shape index (κ3) is 62.0. The summed E-state index contributed by atoms with van der Waals surface area (Å²) in [5, 5.41) is 0. The predicted molar refractivity (Wildman–Crippen MR) is 334 cm³/mol. The molecule has 6 nitrogen and oxygen atoms in total. The molecule has 0 radical (unpaired) electrons. The van der Waals surface area contributed by atoms with Gasteiger partial charge in [-0.05, 0) is 135 Å². The van der Waals surface area contributed by atoms with E-state index in [2.05, 4.69) is 167 Å². The molecule has 0 amide bonds. The van der Waals surface area contributed by atoms with E-state index in [1.807, 2.05) is 0 Å². The number of hydrogen-bond acceptors (Lipinski definition) is 6. The minimum Gasteiger partial charge on any atom is -0.462 e. The molecule has 0 heterocycles. The van der Waals surface area contributed by atoms with E-state index < -0.39 is 6.10 Å². The Morgan fingerprint density at radius 3 is 0.844 bits per heavy atom. The third-order valence-corrected chi connectivity index (χ3v) is 12.8. The lowest BCUT2D eigenvalue weighted by Crippen LogP contribution is -2.30. The molecule has 0 N–H and O–H groups in total. The van der Waals surface area contributed by atoms with E-state index in [0.29, 0.717) is 19.3 Å². The molecule has 0 rings (SSSR count). The van der Waals surface area contributed by atoms with Crippen molar-refractivity contribution in [1.82, 2.24) is 0 Å². The molecule has 0 bridgehead atoms. The van der Waals surface area contributed by atoms with Crippen molar-refractivity contribution in [2.24, 2.45) is 0 Å². The maximum Gasteiger partial charge on any atom is 0.306 e. The monoisotopic (exact) mass is 1060 g/mol. The summed E-state index contributed by atoms with van der Waals surface area (Å²) < 4.78 is 16.9. The molecule has 0 aromatic heterocycles. The number of esters is 3. The number of rotatable bonds is 55. The number of carbonyl (C=O) groups excluding carboxylic acids is 3. The molecule has 434 valence electrons. The normalized spacial score (nSPS) is 13.1. The van der Waals surface area contributed by atoms with Crippen LogP contribution in [-0.2, 0) is 28.6 Å². The van der Waals surface area contributed by atoms with Crippen LogP contribution in [0.5, 0.6) is 0 Å². The van der Waals surface area contributed by atoms with E-state index in [1.54, 1.807) is 0 Å². The van der Waals surface area contributed by atoms with Crippen LogP contribution < -0.4 is 0 Å². The molecule has 0 aromatic carbocycles. The van der Waals surface area contributed by atoms with Gasteiger partial charge in [-0.3, -0.25) is 14.4 Å². The summed E-state index contributed by atoms with van der Waals surface area (Å²) in [5.74, 6) is -0.984. The zero-order valence-electron chi connectivity index (χ0n) is 49.7. The highest BCUT2D eigenvalue weighted by molar-refractivity contribution is 5.71. The molecule has 0 aliphatic carbocycles. The summed E-state index contributed by atoms with van der Waals surface area (Å²) in [6.45, 7) is 6.33. The van der Waals surface area contributed by atoms with Gasteiger partial charge in [-0.15, -0.1) is 0 Å².